The van der Waals surface area contributed by atoms with Crippen LogP contribution < -0.4 is 10.6 Å². The van der Waals surface area contributed by atoms with Crippen LogP contribution >= 0.6 is 0 Å². The monoisotopic (exact) mass is 222 g/mol. The summed E-state index contributed by atoms with van der Waals surface area (Å²) in [6.07, 6.45) is 6.67. The van der Waals surface area contributed by atoms with E-state index in [-0.39, 0.29) is 18.0 Å². The van der Waals surface area contributed by atoms with Crippen molar-refractivity contribution in [3.63, 3.8) is 0 Å². The summed E-state index contributed by atoms with van der Waals surface area (Å²) in [5, 5.41) is 6.18. The largest absolute Gasteiger partial charge is 0.347 e. The Kier molecular flexibility index (Phi) is 3.56. The molecule has 1 aromatic rings. The number of rotatable bonds is 3. The van der Waals surface area contributed by atoms with E-state index in [0.29, 0.717) is 0 Å². The van der Waals surface area contributed by atoms with E-state index in [1.165, 1.54) is 0 Å². The number of hydrogen-bond acceptors (Lipinski definition) is 3. The molecule has 2 atom stereocenters. The Labute approximate surface area is 95.0 Å². The minimum Gasteiger partial charge on any atom is -0.347 e. The van der Waals surface area contributed by atoms with Crippen LogP contribution in [0.15, 0.2) is 12.4 Å². The maximum absolute atomic E-state index is 11.9. The van der Waals surface area contributed by atoms with Gasteiger partial charge < -0.3 is 15.6 Å². The fourth-order valence-corrected chi connectivity index (χ4v) is 1.97. The molecule has 1 saturated heterocycles. The maximum atomic E-state index is 11.9. The molecule has 1 aromatic heterocycles. The summed E-state index contributed by atoms with van der Waals surface area (Å²) >= 11 is 0. The standard InChI is InChI=1S/C11H18N4O/c1-8(10-13-6-7-14-10)15-11(16)9-4-2-3-5-12-9/h6-9,12H,2-5H2,1H3,(H,13,14)(H,15,16). The first-order valence-corrected chi connectivity index (χ1v) is 5.80. The van der Waals surface area contributed by atoms with Gasteiger partial charge in [-0.3, -0.25) is 4.79 Å². The molecule has 1 amide bonds. The number of amides is 1. The van der Waals surface area contributed by atoms with Crippen LogP contribution in [0.4, 0.5) is 0 Å². The lowest BCUT2D eigenvalue weighted by molar-refractivity contribution is -0.124. The van der Waals surface area contributed by atoms with Crippen LogP contribution in [-0.2, 0) is 4.79 Å². The Balaban J connectivity index is 1.86. The third-order valence-electron chi connectivity index (χ3n) is 2.92. The Morgan fingerprint density at radius 1 is 1.62 bits per heavy atom. The molecule has 0 radical (unpaired) electrons. The summed E-state index contributed by atoms with van der Waals surface area (Å²) in [6, 6.07) is -0.0996. The van der Waals surface area contributed by atoms with Crippen LogP contribution in [0.3, 0.4) is 0 Å². The van der Waals surface area contributed by atoms with E-state index >= 15 is 0 Å². The van der Waals surface area contributed by atoms with Gasteiger partial charge in [-0.15, -0.1) is 0 Å². The van der Waals surface area contributed by atoms with Crippen molar-refractivity contribution >= 4 is 5.91 Å². The van der Waals surface area contributed by atoms with E-state index in [4.69, 9.17) is 0 Å². The molecule has 2 heterocycles. The molecule has 88 valence electrons. The first kappa shape index (κ1) is 11.1. The van der Waals surface area contributed by atoms with E-state index in [1.807, 2.05) is 6.92 Å². The summed E-state index contributed by atoms with van der Waals surface area (Å²) in [4.78, 5) is 19.0. The van der Waals surface area contributed by atoms with E-state index in [9.17, 15) is 4.79 Å². The first-order valence-electron chi connectivity index (χ1n) is 5.80. The Morgan fingerprint density at radius 3 is 3.12 bits per heavy atom. The Morgan fingerprint density at radius 2 is 2.50 bits per heavy atom. The van der Waals surface area contributed by atoms with Gasteiger partial charge in [0.1, 0.15) is 5.82 Å². The average molecular weight is 222 g/mol. The summed E-state index contributed by atoms with van der Waals surface area (Å²) < 4.78 is 0. The van der Waals surface area contributed by atoms with Crippen molar-refractivity contribution in [1.82, 2.24) is 20.6 Å². The lowest BCUT2D eigenvalue weighted by Gasteiger charge is -2.24. The molecule has 0 spiro atoms. The smallest absolute Gasteiger partial charge is 0.237 e. The van der Waals surface area contributed by atoms with Gasteiger partial charge in [0.15, 0.2) is 0 Å². The van der Waals surface area contributed by atoms with Crippen molar-refractivity contribution in [3.8, 4) is 0 Å². The quantitative estimate of drug-likeness (QED) is 0.706. The lowest BCUT2D eigenvalue weighted by Crippen LogP contribution is -2.47. The van der Waals surface area contributed by atoms with Crippen molar-refractivity contribution in [1.29, 1.82) is 0 Å². The molecule has 16 heavy (non-hydrogen) atoms. The van der Waals surface area contributed by atoms with Gasteiger partial charge in [-0.25, -0.2) is 4.98 Å². The molecule has 0 saturated carbocycles. The minimum atomic E-state index is -0.0637. The van der Waals surface area contributed by atoms with Gasteiger partial charge in [-0.05, 0) is 26.3 Å². The molecular weight excluding hydrogens is 204 g/mol. The summed E-state index contributed by atoms with van der Waals surface area (Å²) in [5.41, 5.74) is 0. The molecule has 1 fully saturated rings. The van der Waals surface area contributed by atoms with Crippen molar-refractivity contribution in [2.24, 2.45) is 0 Å². The van der Waals surface area contributed by atoms with E-state index in [2.05, 4.69) is 20.6 Å². The molecule has 5 heteroatoms. The van der Waals surface area contributed by atoms with Crippen LogP contribution in [0.5, 0.6) is 0 Å². The number of nitrogens with zero attached hydrogens (tertiary/aromatic N) is 1. The van der Waals surface area contributed by atoms with Gasteiger partial charge in [0, 0.05) is 12.4 Å². The second-order valence-electron chi connectivity index (χ2n) is 4.21. The van der Waals surface area contributed by atoms with Crippen molar-refractivity contribution < 1.29 is 4.79 Å². The zero-order valence-corrected chi connectivity index (χ0v) is 9.49. The van der Waals surface area contributed by atoms with E-state index in [0.717, 1.165) is 31.6 Å². The highest BCUT2D eigenvalue weighted by molar-refractivity contribution is 5.82. The van der Waals surface area contributed by atoms with E-state index < -0.39 is 0 Å². The van der Waals surface area contributed by atoms with Crippen molar-refractivity contribution in [3.05, 3.63) is 18.2 Å². The molecule has 0 bridgehead atoms. The molecule has 3 N–H and O–H groups in total. The first-order chi connectivity index (χ1) is 7.77. The second kappa shape index (κ2) is 5.12. The third-order valence-corrected chi connectivity index (χ3v) is 2.92. The lowest BCUT2D eigenvalue weighted by atomic mass is 10.0. The normalized spacial score (nSPS) is 22.7. The molecule has 1 aliphatic rings. The van der Waals surface area contributed by atoms with Crippen molar-refractivity contribution in [2.75, 3.05) is 6.54 Å². The highest BCUT2D eigenvalue weighted by atomic mass is 16.2. The minimum absolute atomic E-state index is 0.0360. The van der Waals surface area contributed by atoms with Gasteiger partial charge in [0.25, 0.3) is 0 Å². The zero-order chi connectivity index (χ0) is 11.4. The number of H-pyrrole nitrogens is 1. The molecular formula is C11H18N4O. The number of carbonyl (C=O) groups is 1. The maximum Gasteiger partial charge on any atom is 0.237 e. The van der Waals surface area contributed by atoms with Gasteiger partial charge in [0.2, 0.25) is 5.91 Å². The SMILES string of the molecule is CC(NC(=O)C1CCCCN1)c1ncc[nH]1. The van der Waals surface area contributed by atoms with Gasteiger partial charge >= 0.3 is 0 Å². The third kappa shape index (κ3) is 2.61. The molecule has 0 aromatic carbocycles. The van der Waals surface area contributed by atoms with Crippen LogP contribution in [-0.4, -0.2) is 28.5 Å². The van der Waals surface area contributed by atoms with Crippen LogP contribution in [0.25, 0.3) is 0 Å². The molecule has 5 nitrogen and oxygen atoms in total. The summed E-state index contributed by atoms with van der Waals surface area (Å²) in [6.45, 7) is 2.87. The number of hydrogen-bond donors (Lipinski definition) is 3. The van der Waals surface area contributed by atoms with Crippen LogP contribution in [0.2, 0.25) is 0 Å². The Hall–Kier alpha value is -1.36. The number of nitrogens with one attached hydrogen (secondary N) is 3. The van der Waals surface area contributed by atoms with Gasteiger partial charge in [-0.2, -0.15) is 0 Å². The number of imidazole rings is 1. The van der Waals surface area contributed by atoms with Crippen LogP contribution in [0.1, 0.15) is 38.1 Å². The molecule has 0 aliphatic carbocycles. The van der Waals surface area contributed by atoms with Crippen molar-refractivity contribution in [2.45, 2.75) is 38.3 Å². The number of aromatic nitrogens is 2. The highest BCUT2D eigenvalue weighted by Gasteiger charge is 2.22. The number of piperidine rings is 1. The predicted molar refractivity (Wildman–Crippen MR) is 60.8 cm³/mol. The topological polar surface area (TPSA) is 69.8 Å². The molecule has 2 rings (SSSR count). The summed E-state index contributed by atoms with van der Waals surface area (Å²) in [5.74, 6) is 0.868. The molecule has 1 aliphatic heterocycles. The highest BCUT2D eigenvalue weighted by Crippen LogP contribution is 2.10. The van der Waals surface area contributed by atoms with Crippen LogP contribution in [0, 0.1) is 0 Å². The average Bonchev–Trinajstić information content (AvgIpc) is 2.83. The number of aromatic amines is 1. The number of carbonyl (C=O) groups excluding carboxylic acids is 1. The van der Waals surface area contributed by atoms with E-state index in [1.54, 1.807) is 12.4 Å². The predicted octanol–water partition coefficient (Wildman–Crippen LogP) is 0.729. The zero-order valence-electron chi connectivity index (χ0n) is 9.49. The van der Waals surface area contributed by atoms with Gasteiger partial charge in [0.05, 0.1) is 12.1 Å². The fourth-order valence-electron chi connectivity index (χ4n) is 1.97. The summed E-state index contributed by atoms with van der Waals surface area (Å²) in [7, 11) is 0. The molecule has 2 unspecified atom stereocenters. The fraction of sp³-hybridized carbons (Fsp3) is 0.636. The van der Waals surface area contributed by atoms with Gasteiger partial charge in [-0.1, -0.05) is 6.42 Å². The second-order valence-corrected chi connectivity index (χ2v) is 4.21. The Bertz CT molecular complexity index is 330.